The Bertz CT molecular complexity index is 1340. The molecule has 0 aliphatic rings. The molecule has 0 saturated heterocycles. The predicted molar refractivity (Wildman–Crippen MR) is 125 cm³/mol. The van der Waals surface area contributed by atoms with Crippen LogP contribution < -0.4 is 5.32 Å². The van der Waals surface area contributed by atoms with Gasteiger partial charge in [0.05, 0.1) is 18.0 Å². The van der Waals surface area contributed by atoms with Crippen molar-refractivity contribution in [2.24, 2.45) is 0 Å². The minimum absolute atomic E-state index is 0.0114. The first-order valence-corrected chi connectivity index (χ1v) is 10.5. The van der Waals surface area contributed by atoms with E-state index < -0.39 is 4.92 Å². The molecule has 168 valence electrons. The third-order valence-corrected chi connectivity index (χ3v) is 5.40. The highest BCUT2D eigenvalue weighted by Crippen LogP contribution is 2.23. The summed E-state index contributed by atoms with van der Waals surface area (Å²) in [6.07, 6.45) is 1.78. The van der Waals surface area contributed by atoms with E-state index in [9.17, 15) is 14.9 Å². The van der Waals surface area contributed by atoms with Gasteiger partial charge in [0.2, 0.25) is 0 Å². The number of amides is 1. The van der Waals surface area contributed by atoms with Gasteiger partial charge in [-0.25, -0.2) is 0 Å². The molecule has 0 radical (unpaired) electrons. The van der Waals surface area contributed by atoms with E-state index in [4.69, 9.17) is 11.6 Å². The maximum absolute atomic E-state index is 12.8. The summed E-state index contributed by atoms with van der Waals surface area (Å²) >= 11 is 6.03. The highest BCUT2D eigenvalue weighted by molar-refractivity contribution is 6.30. The van der Waals surface area contributed by atoms with Gasteiger partial charge in [0.1, 0.15) is 11.4 Å². The van der Waals surface area contributed by atoms with Gasteiger partial charge in [0.15, 0.2) is 5.82 Å². The summed E-state index contributed by atoms with van der Waals surface area (Å²) in [6, 6.07) is 16.3. The minimum Gasteiger partial charge on any atom is -0.305 e. The van der Waals surface area contributed by atoms with Gasteiger partial charge < -0.3 is 5.32 Å². The molecule has 10 heteroatoms. The zero-order valence-electron chi connectivity index (χ0n) is 18.0. The molecular weight excluding hydrogens is 444 g/mol. The third kappa shape index (κ3) is 5.09. The van der Waals surface area contributed by atoms with Gasteiger partial charge in [-0.05, 0) is 49.2 Å². The van der Waals surface area contributed by atoms with E-state index in [0.29, 0.717) is 40.9 Å². The fourth-order valence-electron chi connectivity index (χ4n) is 3.62. The Morgan fingerprint density at radius 2 is 1.79 bits per heavy atom. The van der Waals surface area contributed by atoms with E-state index in [1.54, 1.807) is 53.7 Å². The number of nitro groups is 1. The quantitative estimate of drug-likeness (QED) is 0.317. The number of carbonyl (C=O) groups excluding carboxylic acids is 1. The molecule has 0 unspecified atom stereocenters. The van der Waals surface area contributed by atoms with Gasteiger partial charge in [-0.1, -0.05) is 35.9 Å². The highest BCUT2D eigenvalue weighted by atomic mass is 35.5. The molecule has 2 heterocycles. The molecule has 2 aromatic heterocycles. The normalized spacial score (nSPS) is 10.9. The number of hydrogen-bond acceptors (Lipinski definition) is 5. The van der Waals surface area contributed by atoms with Gasteiger partial charge in [-0.2, -0.15) is 10.2 Å². The summed E-state index contributed by atoms with van der Waals surface area (Å²) < 4.78 is 3.29. The Labute approximate surface area is 194 Å². The van der Waals surface area contributed by atoms with Crippen molar-refractivity contribution in [2.75, 3.05) is 5.32 Å². The van der Waals surface area contributed by atoms with Crippen molar-refractivity contribution in [2.45, 2.75) is 26.9 Å². The Hall–Kier alpha value is -3.98. The Balaban J connectivity index is 1.45. The van der Waals surface area contributed by atoms with Gasteiger partial charge in [0.25, 0.3) is 5.91 Å². The van der Waals surface area contributed by atoms with Gasteiger partial charge in [0, 0.05) is 22.8 Å². The van der Waals surface area contributed by atoms with E-state index in [-0.39, 0.29) is 11.6 Å². The first kappa shape index (κ1) is 22.2. The second-order valence-electron chi connectivity index (χ2n) is 7.62. The number of carbonyl (C=O) groups is 1. The summed E-state index contributed by atoms with van der Waals surface area (Å²) in [4.78, 5) is 23.6. The molecule has 0 saturated carbocycles. The van der Waals surface area contributed by atoms with Crippen molar-refractivity contribution >= 4 is 29.0 Å². The Morgan fingerprint density at radius 1 is 1.06 bits per heavy atom. The third-order valence-electron chi connectivity index (χ3n) is 5.16. The zero-order valence-corrected chi connectivity index (χ0v) is 18.8. The molecule has 0 fully saturated rings. The van der Waals surface area contributed by atoms with E-state index >= 15 is 0 Å². The van der Waals surface area contributed by atoms with E-state index in [1.807, 2.05) is 30.3 Å². The molecule has 33 heavy (non-hydrogen) atoms. The fourth-order valence-corrected chi connectivity index (χ4v) is 3.83. The van der Waals surface area contributed by atoms with Crippen molar-refractivity contribution in [1.82, 2.24) is 19.6 Å². The maximum Gasteiger partial charge on any atom is 0.312 e. The number of aryl methyl sites for hydroxylation is 1. The molecule has 1 N–H and O–H groups in total. The van der Waals surface area contributed by atoms with Crippen LogP contribution in [0.15, 0.2) is 60.8 Å². The Morgan fingerprint density at radius 3 is 2.48 bits per heavy atom. The minimum atomic E-state index is -0.427. The van der Waals surface area contributed by atoms with Crippen molar-refractivity contribution in [3.8, 4) is 0 Å². The lowest BCUT2D eigenvalue weighted by Crippen LogP contribution is -2.14. The van der Waals surface area contributed by atoms with Crippen LogP contribution in [0.3, 0.4) is 0 Å². The molecule has 0 spiro atoms. The van der Waals surface area contributed by atoms with E-state index in [2.05, 4.69) is 15.5 Å². The molecule has 1 amide bonds. The highest BCUT2D eigenvalue weighted by Gasteiger charge is 2.21. The summed E-state index contributed by atoms with van der Waals surface area (Å²) in [5.74, 6) is 0.130. The first-order chi connectivity index (χ1) is 15.8. The molecule has 0 bridgehead atoms. The first-order valence-electron chi connectivity index (χ1n) is 10.2. The standard InChI is InChI=1S/C23H21ClN6O3/c1-15-22(30(32)33)16(2)29(26-15)14-17-5-3-7-19(11-17)23(31)25-21-9-10-28(27-21)13-18-6-4-8-20(24)12-18/h3-12H,13-14H2,1-2H3,(H,25,27,31). The lowest BCUT2D eigenvalue weighted by Gasteiger charge is -2.07. The van der Waals surface area contributed by atoms with Gasteiger partial charge in [-0.3, -0.25) is 24.3 Å². The number of benzene rings is 2. The van der Waals surface area contributed by atoms with Crippen LogP contribution >= 0.6 is 11.6 Å². The van der Waals surface area contributed by atoms with Gasteiger partial charge >= 0.3 is 5.69 Å². The largest absolute Gasteiger partial charge is 0.312 e. The van der Waals surface area contributed by atoms with Crippen LogP contribution in [0, 0.1) is 24.0 Å². The van der Waals surface area contributed by atoms with Crippen LogP contribution in [0.25, 0.3) is 0 Å². The van der Waals surface area contributed by atoms with Crippen molar-refractivity contribution in [1.29, 1.82) is 0 Å². The monoisotopic (exact) mass is 464 g/mol. The maximum atomic E-state index is 12.8. The number of nitrogens with zero attached hydrogens (tertiary/aromatic N) is 5. The van der Waals surface area contributed by atoms with Crippen molar-refractivity contribution in [3.63, 3.8) is 0 Å². The fraction of sp³-hybridized carbons (Fsp3) is 0.174. The van der Waals surface area contributed by atoms with Gasteiger partial charge in [-0.15, -0.1) is 0 Å². The molecule has 4 aromatic rings. The van der Waals surface area contributed by atoms with Crippen LogP contribution in [0.1, 0.15) is 32.9 Å². The number of hydrogen-bond donors (Lipinski definition) is 1. The number of rotatable bonds is 7. The molecule has 9 nitrogen and oxygen atoms in total. The number of nitrogens with one attached hydrogen (secondary N) is 1. The average Bonchev–Trinajstić information content (AvgIpc) is 3.31. The molecule has 0 aliphatic carbocycles. The SMILES string of the molecule is Cc1nn(Cc2cccc(C(=O)Nc3ccn(Cc4cccc(Cl)c4)n3)c2)c(C)c1[N+](=O)[O-]. The van der Waals surface area contributed by atoms with E-state index in [0.717, 1.165) is 11.1 Å². The van der Waals surface area contributed by atoms with Crippen LogP contribution in [-0.2, 0) is 13.1 Å². The summed E-state index contributed by atoms with van der Waals surface area (Å²) in [5.41, 5.74) is 3.10. The molecule has 0 atom stereocenters. The molecule has 4 rings (SSSR count). The number of halogens is 1. The van der Waals surface area contributed by atoms with Crippen LogP contribution in [0.2, 0.25) is 5.02 Å². The second kappa shape index (κ2) is 9.25. The molecule has 2 aromatic carbocycles. The smallest absolute Gasteiger partial charge is 0.305 e. The average molecular weight is 465 g/mol. The number of anilines is 1. The Kier molecular flexibility index (Phi) is 6.23. The summed E-state index contributed by atoms with van der Waals surface area (Å²) in [7, 11) is 0. The lowest BCUT2D eigenvalue weighted by atomic mass is 10.1. The van der Waals surface area contributed by atoms with Crippen LogP contribution in [0.5, 0.6) is 0 Å². The van der Waals surface area contributed by atoms with Crippen molar-refractivity contribution < 1.29 is 9.72 Å². The predicted octanol–water partition coefficient (Wildman–Crippen LogP) is 4.61. The zero-order chi connectivity index (χ0) is 23.5. The van der Waals surface area contributed by atoms with Crippen molar-refractivity contribution in [3.05, 3.63) is 104 Å². The number of aromatic nitrogens is 4. The summed E-state index contributed by atoms with van der Waals surface area (Å²) in [6.45, 7) is 4.11. The molecular formula is C23H21ClN6O3. The van der Waals surface area contributed by atoms with Crippen LogP contribution in [0.4, 0.5) is 11.5 Å². The lowest BCUT2D eigenvalue weighted by molar-refractivity contribution is -0.386. The molecule has 0 aliphatic heterocycles. The van der Waals surface area contributed by atoms with Crippen LogP contribution in [-0.4, -0.2) is 30.4 Å². The summed E-state index contributed by atoms with van der Waals surface area (Å²) in [5, 5.41) is 23.3. The van der Waals surface area contributed by atoms with E-state index in [1.165, 1.54) is 0 Å². The topological polar surface area (TPSA) is 108 Å². The second-order valence-corrected chi connectivity index (χ2v) is 8.05.